The number of primary amides is 1. The molecule has 144 valence electrons. The number of carbonyl (C=O) groups excluding carboxylic acids is 4. The molecular formula is C17H31N3O5. The van der Waals surface area contributed by atoms with Gasteiger partial charge in [-0.25, -0.2) is 0 Å². The summed E-state index contributed by atoms with van der Waals surface area (Å²) in [7, 11) is 4.15. The average Bonchev–Trinajstić information content (AvgIpc) is 2.55. The van der Waals surface area contributed by atoms with Crippen LogP contribution in [0, 0.1) is 5.92 Å². The zero-order valence-corrected chi connectivity index (χ0v) is 16.1. The largest absolute Gasteiger partial charge is 0.469 e. The van der Waals surface area contributed by atoms with E-state index in [0.717, 1.165) is 0 Å². The molecule has 0 aromatic carbocycles. The summed E-state index contributed by atoms with van der Waals surface area (Å²) in [4.78, 5) is 51.0. The number of ether oxygens (including phenoxy) is 1. The van der Waals surface area contributed by atoms with Gasteiger partial charge in [0.15, 0.2) is 0 Å². The van der Waals surface area contributed by atoms with Gasteiger partial charge in [0, 0.05) is 20.5 Å². The third kappa shape index (κ3) is 7.11. The number of amides is 3. The summed E-state index contributed by atoms with van der Waals surface area (Å²) >= 11 is 0. The number of esters is 1. The summed E-state index contributed by atoms with van der Waals surface area (Å²) in [5, 5.41) is 0. The van der Waals surface area contributed by atoms with Gasteiger partial charge in [-0.15, -0.1) is 0 Å². The Labute approximate surface area is 149 Å². The topological polar surface area (TPSA) is 110 Å². The molecule has 0 rings (SSSR count). The molecule has 0 aromatic heterocycles. The van der Waals surface area contributed by atoms with E-state index in [-0.39, 0.29) is 24.7 Å². The first-order chi connectivity index (χ1) is 11.6. The predicted molar refractivity (Wildman–Crippen MR) is 93.3 cm³/mol. The van der Waals surface area contributed by atoms with Crippen LogP contribution in [0.5, 0.6) is 0 Å². The number of rotatable bonds is 10. The summed E-state index contributed by atoms with van der Waals surface area (Å²) < 4.78 is 4.63. The van der Waals surface area contributed by atoms with Crippen LogP contribution in [0.25, 0.3) is 0 Å². The summed E-state index contributed by atoms with van der Waals surface area (Å²) in [6.07, 6.45) is 1.000. The van der Waals surface area contributed by atoms with Crippen molar-refractivity contribution in [2.45, 2.75) is 58.5 Å². The zero-order chi connectivity index (χ0) is 19.7. The molecule has 2 N–H and O–H groups in total. The zero-order valence-electron chi connectivity index (χ0n) is 16.1. The lowest BCUT2D eigenvalue weighted by Gasteiger charge is -2.34. The lowest BCUT2D eigenvalue weighted by atomic mass is 10.0. The number of methoxy groups -OCH3 is 1. The summed E-state index contributed by atoms with van der Waals surface area (Å²) in [5.74, 6) is -1.85. The van der Waals surface area contributed by atoms with Crippen molar-refractivity contribution in [3.8, 4) is 0 Å². The molecule has 8 nitrogen and oxygen atoms in total. The van der Waals surface area contributed by atoms with Crippen LogP contribution in [-0.4, -0.2) is 66.8 Å². The number of hydrogen-bond donors (Lipinski definition) is 1. The maximum absolute atomic E-state index is 12.9. The second-order valence-electron chi connectivity index (χ2n) is 6.55. The van der Waals surface area contributed by atoms with Crippen molar-refractivity contribution in [3.63, 3.8) is 0 Å². The van der Waals surface area contributed by atoms with Crippen molar-refractivity contribution in [1.29, 1.82) is 0 Å². The second-order valence-corrected chi connectivity index (χ2v) is 6.55. The van der Waals surface area contributed by atoms with Gasteiger partial charge in [0.2, 0.25) is 17.7 Å². The molecule has 25 heavy (non-hydrogen) atoms. The van der Waals surface area contributed by atoms with Crippen LogP contribution in [0.2, 0.25) is 0 Å². The van der Waals surface area contributed by atoms with Crippen LogP contribution >= 0.6 is 0 Å². The second kappa shape index (κ2) is 10.7. The molecular weight excluding hydrogens is 326 g/mol. The molecule has 0 aliphatic carbocycles. The van der Waals surface area contributed by atoms with Gasteiger partial charge in [0.25, 0.3) is 0 Å². The molecule has 0 spiro atoms. The first kappa shape index (κ1) is 22.9. The van der Waals surface area contributed by atoms with E-state index < -0.39 is 29.9 Å². The van der Waals surface area contributed by atoms with Gasteiger partial charge in [0.1, 0.15) is 12.1 Å². The standard InChI is InChI=1S/C17H31N3O5/c1-7-8-14(21)19(4)13(10-15(22)25-6)17(24)20(5)12(16(18)23)9-11(2)3/h11-13H,7-10H2,1-6H3,(H2,18,23)/t12-,13?/m0/s1. The van der Waals surface area contributed by atoms with E-state index in [9.17, 15) is 19.2 Å². The summed E-state index contributed by atoms with van der Waals surface area (Å²) in [5.41, 5.74) is 5.43. The van der Waals surface area contributed by atoms with Gasteiger partial charge in [-0.3, -0.25) is 19.2 Å². The number of hydrogen-bond acceptors (Lipinski definition) is 5. The molecule has 1 unspecified atom stereocenters. The summed E-state index contributed by atoms with van der Waals surface area (Å²) in [6.45, 7) is 5.68. The fourth-order valence-electron chi connectivity index (χ4n) is 2.50. The minimum absolute atomic E-state index is 0.145. The highest BCUT2D eigenvalue weighted by Crippen LogP contribution is 2.15. The quantitative estimate of drug-likeness (QED) is 0.574. The third-order valence-electron chi connectivity index (χ3n) is 4.04. The highest BCUT2D eigenvalue weighted by Gasteiger charge is 2.35. The predicted octanol–water partition coefficient (Wildman–Crippen LogP) is 0.535. The Hall–Kier alpha value is -2.12. The highest BCUT2D eigenvalue weighted by molar-refractivity contribution is 5.93. The lowest BCUT2D eigenvalue weighted by Crippen LogP contribution is -2.54. The van der Waals surface area contributed by atoms with Crippen molar-refractivity contribution in [3.05, 3.63) is 0 Å². The van der Waals surface area contributed by atoms with E-state index in [0.29, 0.717) is 12.8 Å². The average molecular weight is 357 g/mol. The van der Waals surface area contributed by atoms with Crippen LogP contribution in [0.3, 0.4) is 0 Å². The molecule has 0 saturated carbocycles. The van der Waals surface area contributed by atoms with Crippen LogP contribution in [0.15, 0.2) is 0 Å². The molecule has 0 bridgehead atoms. The van der Waals surface area contributed by atoms with Crippen molar-refractivity contribution in [2.75, 3.05) is 21.2 Å². The van der Waals surface area contributed by atoms with E-state index in [2.05, 4.69) is 4.74 Å². The fraction of sp³-hybridized carbons (Fsp3) is 0.765. The number of carbonyl (C=O) groups is 4. The van der Waals surface area contributed by atoms with Crippen molar-refractivity contribution in [1.82, 2.24) is 9.80 Å². The molecule has 8 heteroatoms. The van der Waals surface area contributed by atoms with Gasteiger partial charge in [0.05, 0.1) is 13.5 Å². The monoisotopic (exact) mass is 357 g/mol. The molecule has 2 atom stereocenters. The molecule has 0 radical (unpaired) electrons. The lowest BCUT2D eigenvalue weighted by molar-refractivity contribution is -0.152. The molecule has 0 aliphatic rings. The highest BCUT2D eigenvalue weighted by atomic mass is 16.5. The van der Waals surface area contributed by atoms with E-state index >= 15 is 0 Å². The van der Waals surface area contributed by atoms with Crippen LogP contribution in [0.4, 0.5) is 0 Å². The van der Waals surface area contributed by atoms with E-state index in [1.807, 2.05) is 20.8 Å². The van der Waals surface area contributed by atoms with Crippen molar-refractivity contribution >= 4 is 23.7 Å². The van der Waals surface area contributed by atoms with Crippen LogP contribution in [-0.2, 0) is 23.9 Å². The van der Waals surface area contributed by atoms with Gasteiger partial charge < -0.3 is 20.3 Å². The minimum atomic E-state index is -1.04. The molecule has 0 aromatic rings. The van der Waals surface area contributed by atoms with Crippen molar-refractivity contribution < 1.29 is 23.9 Å². The molecule has 0 fully saturated rings. The first-order valence-corrected chi connectivity index (χ1v) is 8.45. The number of likely N-dealkylation sites (N-methyl/N-ethyl adjacent to an activating group) is 2. The number of nitrogens with zero attached hydrogens (tertiary/aromatic N) is 2. The maximum atomic E-state index is 12.9. The Morgan fingerprint density at radius 3 is 2.00 bits per heavy atom. The molecule has 0 saturated heterocycles. The Kier molecular flexibility index (Phi) is 9.78. The fourth-order valence-corrected chi connectivity index (χ4v) is 2.50. The van der Waals surface area contributed by atoms with E-state index in [4.69, 9.17) is 5.73 Å². The minimum Gasteiger partial charge on any atom is -0.469 e. The molecule has 3 amide bonds. The summed E-state index contributed by atoms with van der Waals surface area (Å²) in [6, 6.07) is -1.84. The van der Waals surface area contributed by atoms with E-state index in [1.165, 1.54) is 31.0 Å². The Morgan fingerprint density at radius 1 is 1.04 bits per heavy atom. The Bertz CT molecular complexity index is 493. The van der Waals surface area contributed by atoms with Crippen LogP contribution < -0.4 is 5.73 Å². The van der Waals surface area contributed by atoms with Gasteiger partial charge >= 0.3 is 5.97 Å². The molecule has 0 aliphatic heterocycles. The first-order valence-electron chi connectivity index (χ1n) is 8.45. The van der Waals surface area contributed by atoms with Gasteiger partial charge in [-0.05, 0) is 18.8 Å². The maximum Gasteiger partial charge on any atom is 0.308 e. The normalized spacial score (nSPS) is 13.1. The number of nitrogens with two attached hydrogens (primary N) is 1. The van der Waals surface area contributed by atoms with E-state index in [1.54, 1.807) is 0 Å². The van der Waals surface area contributed by atoms with Crippen molar-refractivity contribution in [2.24, 2.45) is 11.7 Å². The SMILES string of the molecule is CCCC(=O)N(C)C(CC(=O)OC)C(=O)N(C)[C@@H](CC(C)C)C(N)=O. The third-order valence-corrected chi connectivity index (χ3v) is 4.04. The Morgan fingerprint density at radius 2 is 1.60 bits per heavy atom. The van der Waals surface area contributed by atoms with Gasteiger partial charge in [-0.1, -0.05) is 20.8 Å². The van der Waals surface area contributed by atoms with Gasteiger partial charge in [-0.2, -0.15) is 0 Å². The molecule has 0 heterocycles. The smallest absolute Gasteiger partial charge is 0.308 e. The van der Waals surface area contributed by atoms with Crippen LogP contribution in [0.1, 0.15) is 46.5 Å². The Balaban J connectivity index is 5.52.